The van der Waals surface area contributed by atoms with Crippen molar-refractivity contribution in [2.45, 2.75) is 12.6 Å². The number of fused-ring (bicyclic) bond motifs is 1. The molecule has 0 amide bonds. The van der Waals surface area contributed by atoms with E-state index in [1.165, 1.54) is 24.8 Å². The molecule has 0 bridgehead atoms. The lowest BCUT2D eigenvalue weighted by atomic mass is 10.2. The minimum Gasteiger partial charge on any atom is -0.394 e. The van der Waals surface area contributed by atoms with Crippen molar-refractivity contribution in [2.24, 2.45) is 0 Å². The van der Waals surface area contributed by atoms with Crippen LogP contribution in [-0.4, -0.2) is 81.0 Å². The molecule has 0 fully saturated rings. The van der Waals surface area contributed by atoms with E-state index in [0.717, 1.165) is 8.61 Å². The molecule has 1 unspecified atom stereocenters. The zero-order chi connectivity index (χ0) is 26.9. The van der Waals surface area contributed by atoms with E-state index in [2.05, 4.69) is 20.1 Å². The van der Waals surface area contributed by atoms with Crippen LogP contribution in [0.4, 0.5) is 21.7 Å². The minimum absolute atomic E-state index is 0.00561. The first-order chi connectivity index (χ1) is 17.5. The summed E-state index contributed by atoms with van der Waals surface area (Å²) in [5.74, 6) is -0.989. The molecule has 13 nitrogen and oxygen atoms in total. The number of aromatic nitrogens is 5. The molecule has 3 heterocycles. The number of aliphatic hydroxyl groups excluding tert-OH is 2. The molecule has 3 aromatic heterocycles. The number of nitrogens with two attached hydrogens (primary N) is 2. The molecule has 0 aliphatic heterocycles. The van der Waals surface area contributed by atoms with Gasteiger partial charge in [-0.05, 0) is 18.2 Å². The molecule has 0 saturated heterocycles. The van der Waals surface area contributed by atoms with Crippen LogP contribution in [0.3, 0.4) is 0 Å². The normalized spacial score (nSPS) is 12.8. The van der Waals surface area contributed by atoms with Gasteiger partial charge in [0.25, 0.3) is 0 Å². The second-order valence-corrected chi connectivity index (χ2v) is 10.4. The van der Waals surface area contributed by atoms with Gasteiger partial charge in [0, 0.05) is 25.9 Å². The maximum absolute atomic E-state index is 14.3. The molecule has 6 N–H and O–H groups in total. The molecule has 4 rings (SSSR count). The Morgan fingerprint density at radius 3 is 2.41 bits per heavy atom. The van der Waals surface area contributed by atoms with Gasteiger partial charge >= 0.3 is 10.2 Å². The lowest BCUT2D eigenvalue weighted by Crippen LogP contribution is -2.45. The quantitative estimate of drug-likeness (QED) is 0.232. The highest BCUT2D eigenvalue weighted by Gasteiger charge is 2.32. The summed E-state index contributed by atoms with van der Waals surface area (Å²) in [6, 6.07) is 9.69. The van der Waals surface area contributed by atoms with Crippen molar-refractivity contribution in [3.05, 3.63) is 54.0 Å². The highest BCUT2D eigenvalue weighted by molar-refractivity contribution is 7.90. The number of pyridine rings is 1. The van der Waals surface area contributed by atoms with Gasteiger partial charge in [0.2, 0.25) is 0 Å². The zero-order valence-electron chi connectivity index (χ0n) is 20.0. The molecule has 1 atom stereocenters. The summed E-state index contributed by atoms with van der Waals surface area (Å²) >= 11 is 0. The molecule has 0 aliphatic carbocycles. The monoisotopic (exact) mass is 531 g/mol. The Hall–Kier alpha value is -3.92. The van der Waals surface area contributed by atoms with Gasteiger partial charge in [0.1, 0.15) is 17.2 Å². The van der Waals surface area contributed by atoms with E-state index in [1.807, 2.05) is 0 Å². The smallest absolute Gasteiger partial charge is 0.303 e. The topological polar surface area (TPSA) is 190 Å². The Morgan fingerprint density at radius 2 is 1.78 bits per heavy atom. The van der Waals surface area contributed by atoms with Crippen LogP contribution in [0.15, 0.2) is 42.6 Å². The van der Waals surface area contributed by atoms with Crippen LogP contribution in [0.25, 0.3) is 22.6 Å². The van der Waals surface area contributed by atoms with E-state index < -0.39 is 35.3 Å². The van der Waals surface area contributed by atoms with Gasteiger partial charge in [0.05, 0.1) is 31.2 Å². The van der Waals surface area contributed by atoms with Gasteiger partial charge in [-0.1, -0.05) is 18.2 Å². The Balaban J connectivity index is 1.83. The van der Waals surface area contributed by atoms with Crippen LogP contribution < -0.4 is 15.8 Å². The van der Waals surface area contributed by atoms with Crippen molar-refractivity contribution in [2.75, 3.05) is 43.0 Å². The van der Waals surface area contributed by atoms with Crippen LogP contribution in [-0.2, 0) is 16.8 Å². The van der Waals surface area contributed by atoms with Crippen molar-refractivity contribution in [1.29, 1.82) is 0 Å². The lowest BCUT2D eigenvalue weighted by molar-refractivity contribution is 0.102. The van der Waals surface area contributed by atoms with E-state index in [-0.39, 0.29) is 35.4 Å². The standard InChI is InChI=1S/C22H26FN9O4S/c1-30(2)37(35,36)32(11-14(34)12-33)18-19(24)27-21(28-20(18)25)17-15-7-5-9-26-22(15)31(29-17)10-13-6-3-4-8-16(13)23/h3-9,14,33-34H,10-12H2,1-2H3,(H4,24,25,27,28). The van der Waals surface area contributed by atoms with Crippen LogP contribution in [0.1, 0.15) is 5.56 Å². The average Bonchev–Trinajstić information content (AvgIpc) is 3.22. The second-order valence-electron chi connectivity index (χ2n) is 8.30. The molecule has 196 valence electrons. The summed E-state index contributed by atoms with van der Waals surface area (Å²) in [4.78, 5) is 12.9. The number of aliphatic hydroxyl groups is 2. The first kappa shape index (κ1) is 26.2. The molecule has 1 aromatic carbocycles. The maximum Gasteiger partial charge on any atom is 0.303 e. The Morgan fingerprint density at radius 1 is 1.11 bits per heavy atom. The first-order valence-electron chi connectivity index (χ1n) is 11.0. The number of benzene rings is 1. The SMILES string of the molecule is CN(C)S(=O)(=O)N(CC(O)CO)c1c(N)nc(-c2nn(Cc3ccccc3F)c3ncccc23)nc1N. The fourth-order valence-corrected chi connectivity index (χ4v) is 4.84. The fraction of sp³-hybridized carbons (Fsp3) is 0.273. The van der Waals surface area contributed by atoms with Crippen LogP contribution in [0.5, 0.6) is 0 Å². The van der Waals surface area contributed by atoms with Crippen molar-refractivity contribution < 1.29 is 23.0 Å². The third-order valence-corrected chi connectivity index (χ3v) is 7.32. The Kier molecular flexibility index (Phi) is 7.22. The highest BCUT2D eigenvalue weighted by Crippen LogP contribution is 2.34. The first-order valence-corrected chi connectivity index (χ1v) is 12.4. The largest absolute Gasteiger partial charge is 0.394 e. The predicted octanol–water partition coefficient (Wildman–Crippen LogP) is 0.206. The van der Waals surface area contributed by atoms with Crippen molar-refractivity contribution >= 4 is 38.6 Å². The van der Waals surface area contributed by atoms with Crippen molar-refractivity contribution in [1.82, 2.24) is 29.0 Å². The molecule has 37 heavy (non-hydrogen) atoms. The van der Waals surface area contributed by atoms with E-state index in [4.69, 9.17) is 11.5 Å². The fourth-order valence-electron chi connectivity index (χ4n) is 3.67. The Bertz CT molecular complexity index is 1520. The van der Waals surface area contributed by atoms with Gasteiger partial charge in [-0.2, -0.15) is 17.8 Å². The molecule has 0 radical (unpaired) electrons. The number of rotatable bonds is 9. The van der Waals surface area contributed by atoms with Crippen LogP contribution >= 0.6 is 0 Å². The van der Waals surface area contributed by atoms with E-state index in [0.29, 0.717) is 16.6 Å². The number of anilines is 3. The number of halogens is 1. The molecular formula is C22H26FN9O4S. The Labute approximate surface area is 212 Å². The summed E-state index contributed by atoms with van der Waals surface area (Å²) < 4.78 is 43.3. The van der Waals surface area contributed by atoms with Gasteiger partial charge < -0.3 is 21.7 Å². The van der Waals surface area contributed by atoms with Gasteiger partial charge in [-0.15, -0.1) is 0 Å². The summed E-state index contributed by atoms with van der Waals surface area (Å²) in [6.45, 7) is -1.16. The van der Waals surface area contributed by atoms with Crippen LogP contribution in [0, 0.1) is 5.82 Å². The maximum atomic E-state index is 14.3. The van der Waals surface area contributed by atoms with Crippen molar-refractivity contribution in [3.63, 3.8) is 0 Å². The summed E-state index contributed by atoms with van der Waals surface area (Å²) in [6.07, 6.45) is 0.145. The average molecular weight is 532 g/mol. The van der Waals surface area contributed by atoms with Gasteiger partial charge in [-0.25, -0.2) is 28.3 Å². The van der Waals surface area contributed by atoms with E-state index in [9.17, 15) is 23.0 Å². The lowest BCUT2D eigenvalue weighted by Gasteiger charge is -2.29. The van der Waals surface area contributed by atoms with E-state index >= 15 is 0 Å². The molecule has 0 aliphatic rings. The molecule has 0 saturated carbocycles. The van der Waals surface area contributed by atoms with E-state index in [1.54, 1.807) is 36.5 Å². The van der Waals surface area contributed by atoms with Crippen molar-refractivity contribution in [3.8, 4) is 11.5 Å². The number of hydrogen-bond donors (Lipinski definition) is 4. The molecule has 4 aromatic rings. The van der Waals surface area contributed by atoms with Gasteiger partial charge in [0.15, 0.2) is 23.1 Å². The van der Waals surface area contributed by atoms with Gasteiger partial charge in [-0.3, -0.25) is 0 Å². The summed E-state index contributed by atoms with van der Waals surface area (Å²) in [7, 11) is -1.62. The predicted molar refractivity (Wildman–Crippen MR) is 136 cm³/mol. The molecular weight excluding hydrogens is 505 g/mol. The minimum atomic E-state index is -4.20. The van der Waals surface area contributed by atoms with Crippen LogP contribution in [0.2, 0.25) is 0 Å². The highest BCUT2D eigenvalue weighted by atomic mass is 32.2. The number of hydrogen-bond acceptors (Lipinski definition) is 10. The number of nitrogens with zero attached hydrogens (tertiary/aromatic N) is 7. The molecule has 0 spiro atoms. The third-order valence-electron chi connectivity index (χ3n) is 5.51. The summed E-state index contributed by atoms with van der Waals surface area (Å²) in [5.41, 5.74) is 13.2. The molecule has 15 heteroatoms. The number of nitrogen functional groups attached to an aromatic ring is 2. The second kappa shape index (κ2) is 10.2. The summed E-state index contributed by atoms with van der Waals surface area (Å²) in [5, 5.41) is 24.3. The third kappa shape index (κ3) is 5.01. The zero-order valence-corrected chi connectivity index (χ0v) is 20.8.